The Morgan fingerprint density at radius 2 is 2.35 bits per heavy atom. The number of likely N-dealkylation sites (tertiary alicyclic amines) is 1. The zero-order valence-electron chi connectivity index (χ0n) is 10.5. The van der Waals surface area contributed by atoms with Crippen LogP contribution < -0.4 is 5.32 Å². The SMILES string of the molecule is CCC1CCN(Cc2nc(NC)ccc2Cl)C1. The molecule has 2 rings (SSSR count). The summed E-state index contributed by atoms with van der Waals surface area (Å²) in [4.78, 5) is 6.97. The minimum Gasteiger partial charge on any atom is -0.373 e. The molecular formula is C13H20ClN3. The third-order valence-electron chi connectivity index (χ3n) is 3.50. The molecule has 1 aliphatic heterocycles. The topological polar surface area (TPSA) is 28.2 Å². The van der Waals surface area contributed by atoms with E-state index in [2.05, 4.69) is 22.1 Å². The van der Waals surface area contributed by atoms with E-state index in [1.807, 2.05) is 19.2 Å². The molecule has 4 heteroatoms. The van der Waals surface area contributed by atoms with E-state index < -0.39 is 0 Å². The van der Waals surface area contributed by atoms with Gasteiger partial charge < -0.3 is 5.32 Å². The van der Waals surface area contributed by atoms with Crippen LogP contribution in [-0.2, 0) is 6.54 Å². The first kappa shape index (κ1) is 12.7. The molecule has 0 aliphatic carbocycles. The lowest BCUT2D eigenvalue weighted by atomic mass is 10.1. The van der Waals surface area contributed by atoms with Crippen molar-refractivity contribution in [2.75, 3.05) is 25.5 Å². The Morgan fingerprint density at radius 3 is 3.00 bits per heavy atom. The number of nitrogens with zero attached hydrogens (tertiary/aromatic N) is 2. The molecule has 2 heterocycles. The third kappa shape index (κ3) is 3.11. The maximum atomic E-state index is 6.18. The van der Waals surface area contributed by atoms with Gasteiger partial charge in [0, 0.05) is 20.1 Å². The first-order valence-electron chi connectivity index (χ1n) is 6.28. The highest BCUT2D eigenvalue weighted by Gasteiger charge is 2.21. The van der Waals surface area contributed by atoms with E-state index in [0.717, 1.165) is 29.0 Å². The number of hydrogen-bond donors (Lipinski definition) is 1. The van der Waals surface area contributed by atoms with Gasteiger partial charge in [0.25, 0.3) is 0 Å². The van der Waals surface area contributed by atoms with Crippen molar-refractivity contribution in [3.05, 3.63) is 22.8 Å². The molecule has 17 heavy (non-hydrogen) atoms. The molecule has 1 aromatic rings. The van der Waals surface area contributed by atoms with Crippen LogP contribution >= 0.6 is 11.6 Å². The Bertz CT molecular complexity index is 381. The van der Waals surface area contributed by atoms with Gasteiger partial charge in [-0.2, -0.15) is 0 Å². The average Bonchev–Trinajstić information content (AvgIpc) is 2.80. The van der Waals surface area contributed by atoms with Gasteiger partial charge in [0.2, 0.25) is 0 Å². The first-order chi connectivity index (χ1) is 8.22. The molecule has 0 aromatic carbocycles. The maximum Gasteiger partial charge on any atom is 0.126 e. The van der Waals surface area contributed by atoms with Crippen LogP contribution in [-0.4, -0.2) is 30.0 Å². The molecule has 0 saturated carbocycles. The molecule has 94 valence electrons. The second-order valence-corrected chi connectivity index (χ2v) is 5.08. The van der Waals surface area contributed by atoms with E-state index >= 15 is 0 Å². The molecule has 1 aliphatic rings. The summed E-state index contributed by atoms with van der Waals surface area (Å²) in [5, 5.41) is 3.82. The van der Waals surface area contributed by atoms with E-state index in [0.29, 0.717) is 0 Å². The highest BCUT2D eigenvalue weighted by Crippen LogP contribution is 2.23. The lowest BCUT2D eigenvalue weighted by Gasteiger charge is -2.16. The molecule has 3 nitrogen and oxygen atoms in total. The third-order valence-corrected chi connectivity index (χ3v) is 3.84. The molecule has 1 aromatic heterocycles. The monoisotopic (exact) mass is 253 g/mol. The predicted octanol–water partition coefficient (Wildman–Crippen LogP) is 3.01. The van der Waals surface area contributed by atoms with Crippen LogP contribution in [0.4, 0.5) is 5.82 Å². The highest BCUT2D eigenvalue weighted by molar-refractivity contribution is 6.31. The summed E-state index contributed by atoms with van der Waals surface area (Å²) in [7, 11) is 1.88. The van der Waals surface area contributed by atoms with Gasteiger partial charge in [0.05, 0.1) is 10.7 Å². The van der Waals surface area contributed by atoms with E-state index in [1.165, 1.54) is 25.9 Å². The number of halogens is 1. The fourth-order valence-corrected chi connectivity index (χ4v) is 2.50. The van der Waals surface area contributed by atoms with Gasteiger partial charge in [-0.1, -0.05) is 24.9 Å². The normalized spacial score (nSPS) is 20.8. The molecule has 0 spiro atoms. The number of aromatic nitrogens is 1. The first-order valence-corrected chi connectivity index (χ1v) is 6.66. The zero-order valence-corrected chi connectivity index (χ0v) is 11.3. The summed E-state index contributed by atoms with van der Waals surface area (Å²) in [6, 6.07) is 3.83. The van der Waals surface area contributed by atoms with Gasteiger partial charge in [-0.25, -0.2) is 4.98 Å². The lowest BCUT2D eigenvalue weighted by molar-refractivity contribution is 0.311. The Hall–Kier alpha value is -0.800. The van der Waals surface area contributed by atoms with Gasteiger partial charge in [-0.15, -0.1) is 0 Å². The van der Waals surface area contributed by atoms with Gasteiger partial charge in [-0.05, 0) is 31.0 Å². The highest BCUT2D eigenvalue weighted by atomic mass is 35.5. The molecular weight excluding hydrogens is 234 g/mol. The number of pyridine rings is 1. The average molecular weight is 254 g/mol. The summed E-state index contributed by atoms with van der Waals surface area (Å²) in [5.74, 6) is 1.73. The molecule has 0 radical (unpaired) electrons. The summed E-state index contributed by atoms with van der Waals surface area (Å²) in [5.41, 5.74) is 0.982. The molecule has 1 atom stereocenters. The van der Waals surface area contributed by atoms with Crippen molar-refractivity contribution in [3.63, 3.8) is 0 Å². The van der Waals surface area contributed by atoms with Crippen LogP contribution in [0.3, 0.4) is 0 Å². The molecule has 0 amide bonds. The molecule has 1 fully saturated rings. The van der Waals surface area contributed by atoms with Gasteiger partial charge in [-0.3, -0.25) is 4.90 Å². The van der Waals surface area contributed by atoms with Gasteiger partial charge in [0.15, 0.2) is 0 Å². The second-order valence-electron chi connectivity index (χ2n) is 4.67. The summed E-state index contributed by atoms with van der Waals surface area (Å²) in [6.07, 6.45) is 2.58. The van der Waals surface area contributed by atoms with Crippen LogP contribution in [0, 0.1) is 5.92 Å². The minimum atomic E-state index is 0.768. The van der Waals surface area contributed by atoms with E-state index in [9.17, 15) is 0 Å². The fraction of sp³-hybridized carbons (Fsp3) is 0.615. The summed E-state index contributed by atoms with van der Waals surface area (Å²) < 4.78 is 0. The van der Waals surface area contributed by atoms with Crippen LogP contribution in [0.2, 0.25) is 5.02 Å². The van der Waals surface area contributed by atoms with Crippen LogP contribution in [0.1, 0.15) is 25.5 Å². The maximum absolute atomic E-state index is 6.18. The smallest absolute Gasteiger partial charge is 0.126 e. The molecule has 1 N–H and O–H groups in total. The largest absolute Gasteiger partial charge is 0.373 e. The van der Waals surface area contributed by atoms with Crippen LogP contribution in [0.15, 0.2) is 12.1 Å². The Kier molecular flexibility index (Phi) is 4.24. The van der Waals surface area contributed by atoms with Crippen molar-refractivity contribution in [1.29, 1.82) is 0 Å². The summed E-state index contributed by atoms with van der Waals surface area (Å²) in [6.45, 7) is 5.48. The van der Waals surface area contributed by atoms with E-state index in [4.69, 9.17) is 11.6 Å². The lowest BCUT2D eigenvalue weighted by Crippen LogP contribution is -2.21. The number of anilines is 1. The Labute approximate surface area is 108 Å². The predicted molar refractivity (Wildman–Crippen MR) is 72.5 cm³/mol. The zero-order chi connectivity index (χ0) is 12.3. The quantitative estimate of drug-likeness (QED) is 0.894. The standard InChI is InChI=1S/C13H20ClN3/c1-3-10-6-7-17(8-10)9-12-11(14)4-5-13(15-2)16-12/h4-5,10H,3,6-9H2,1-2H3,(H,15,16). The number of rotatable bonds is 4. The Balaban J connectivity index is 2.03. The number of nitrogens with one attached hydrogen (secondary N) is 1. The van der Waals surface area contributed by atoms with Gasteiger partial charge in [0.1, 0.15) is 5.82 Å². The van der Waals surface area contributed by atoms with Crippen molar-refractivity contribution in [2.24, 2.45) is 5.92 Å². The van der Waals surface area contributed by atoms with Gasteiger partial charge >= 0.3 is 0 Å². The van der Waals surface area contributed by atoms with Crippen molar-refractivity contribution < 1.29 is 0 Å². The Morgan fingerprint density at radius 1 is 1.53 bits per heavy atom. The summed E-state index contributed by atoms with van der Waals surface area (Å²) >= 11 is 6.18. The van der Waals surface area contributed by atoms with Crippen molar-refractivity contribution >= 4 is 17.4 Å². The minimum absolute atomic E-state index is 0.768. The van der Waals surface area contributed by atoms with Crippen molar-refractivity contribution in [3.8, 4) is 0 Å². The fourth-order valence-electron chi connectivity index (χ4n) is 2.34. The molecule has 1 saturated heterocycles. The number of hydrogen-bond acceptors (Lipinski definition) is 3. The van der Waals surface area contributed by atoms with E-state index in [1.54, 1.807) is 0 Å². The molecule has 0 bridgehead atoms. The second kappa shape index (κ2) is 5.69. The molecule has 1 unspecified atom stereocenters. The van der Waals surface area contributed by atoms with E-state index in [-0.39, 0.29) is 0 Å². The van der Waals surface area contributed by atoms with Crippen LogP contribution in [0.5, 0.6) is 0 Å². The van der Waals surface area contributed by atoms with Crippen molar-refractivity contribution in [1.82, 2.24) is 9.88 Å². The van der Waals surface area contributed by atoms with Crippen molar-refractivity contribution in [2.45, 2.75) is 26.3 Å². The van der Waals surface area contributed by atoms with Crippen LogP contribution in [0.25, 0.3) is 0 Å².